The standard InChI is InChI=1S/C16H25N3O/c1-13(2)12-17-16(20)14-4-6-15(7-5-14)19-10-8-18(3)9-11-19/h4-7,13H,8-12H2,1-3H3,(H,17,20). The molecule has 1 N–H and O–H groups in total. The predicted molar refractivity (Wildman–Crippen MR) is 83.3 cm³/mol. The average molecular weight is 275 g/mol. The van der Waals surface area contributed by atoms with Crippen molar-refractivity contribution in [2.45, 2.75) is 13.8 Å². The topological polar surface area (TPSA) is 35.6 Å². The third-order valence-electron chi connectivity index (χ3n) is 3.67. The fourth-order valence-electron chi connectivity index (χ4n) is 2.29. The van der Waals surface area contributed by atoms with E-state index >= 15 is 0 Å². The summed E-state index contributed by atoms with van der Waals surface area (Å²) < 4.78 is 0. The van der Waals surface area contributed by atoms with Gasteiger partial charge in [0.25, 0.3) is 5.91 Å². The van der Waals surface area contributed by atoms with Gasteiger partial charge in [0.2, 0.25) is 0 Å². The van der Waals surface area contributed by atoms with Gasteiger partial charge in [0.15, 0.2) is 0 Å². The number of amides is 1. The molecule has 1 aromatic carbocycles. The van der Waals surface area contributed by atoms with E-state index in [1.807, 2.05) is 12.1 Å². The number of carbonyl (C=O) groups is 1. The first kappa shape index (κ1) is 14.9. The Morgan fingerprint density at radius 2 is 1.75 bits per heavy atom. The maximum atomic E-state index is 11.9. The van der Waals surface area contributed by atoms with Gasteiger partial charge in [-0.25, -0.2) is 0 Å². The van der Waals surface area contributed by atoms with E-state index in [2.05, 4.69) is 48.1 Å². The van der Waals surface area contributed by atoms with Gasteiger partial charge in [-0.15, -0.1) is 0 Å². The van der Waals surface area contributed by atoms with E-state index in [9.17, 15) is 4.79 Å². The van der Waals surface area contributed by atoms with Crippen LogP contribution in [0.2, 0.25) is 0 Å². The number of nitrogens with zero attached hydrogens (tertiary/aromatic N) is 2. The van der Waals surface area contributed by atoms with Gasteiger partial charge in [-0.3, -0.25) is 4.79 Å². The number of nitrogens with one attached hydrogen (secondary N) is 1. The van der Waals surface area contributed by atoms with Crippen molar-refractivity contribution in [2.75, 3.05) is 44.7 Å². The minimum absolute atomic E-state index is 0.0172. The van der Waals surface area contributed by atoms with Crippen molar-refractivity contribution in [3.63, 3.8) is 0 Å². The van der Waals surface area contributed by atoms with Crippen LogP contribution in [-0.2, 0) is 0 Å². The molecule has 1 aliphatic rings. The zero-order chi connectivity index (χ0) is 14.5. The van der Waals surface area contributed by atoms with Gasteiger partial charge in [-0.1, -0.05) is 13.8 Å². The molecule has 1 saturated heterocycles. The SMILES string of the molecule is CC(C)CNC(=O)c1ccc(N2CCN(C)CC2)cc1. The lowest BCUT2D eigenvalue weighted by Gasteiger charge is -2.34. The van der Waals surface area contributed by atoms with E-state index < -0.39 is 0 Å². The highest BCUT2D eigenvalue weighted by molar-refractivity contribution is 5.94. The highest BCUT2D eigenvalue weighted by atomic mass is 16.1. The summed E-state index contributed by atoms with van der Waals surface area (Å²) in [6, 6.07) is 7.94. The second-order valence-electron chi connectivity index (χ2n) is 5.94. The summed E-state index contributed by atoms with van der Waals surface area (Å²) in [7, 11) is 2.15. The Hall–Kier alpha value is -1.55. The van der Waals surface area contributed by atoms with Gasteiger partial charge in [-0.05, 0) is 37.2 Å². The fourth-order valence-corrected chi connectivity index (χ4v) is 2.29. The lowest BCUT2D eigenvalue weighted by atomic mass is 10.1. The van der Waals surface area contributed by atoms with Crippen LogP contribution in [0, 0.1) is 5.92 Å². The first-order chi connectivity index (χ1) is 9.56. The maximum absolute atomic E-state index is 11.9. The van der Waals surface area contributed by atoms with E-state index in [1.54, 1.807) is 0 Å². The van der Waals surface area contributed by atoms with Gasteiger partial charge in [0.05, 0.1) is 0 Å². The Morgan fingerprint density at radius 1 is 1.15 bits per heavy atom. The van der Waals surface area contributed by atoms with E-state index in [1.165, 1.54) is 5.69 Å². The van der Waals surface area contributed by atoms with Gasteiger partial charge in [0.1, 0.15) is 0 Å². The van der Waals surface area contributed by atoms with Gasteiger partial charge >= 0.3 is 0 Å². The fraction of sp³-hybridized carbons (Fsp3) is 0.562. The molecule has 2 rings (SSSR count). The van der Waals surface area contributed by atoms with Crippen molar-refractivity contribution >= 4 is 11.6 Å². The summed E-state index contributed by atoms with van der Waals surface area (Å²) in [5.74, 6) is 0.493. The van der Waals surface area contributed by atoms with Crippen LogP contribution in [0.1, 0.15) is 24.2 Å². The normalized spacial score (nSPS) is 16.5. The minimum atomic E-state index is 0.0172. The molecule has 4 heteroatoms. The number of carbonyl (C=O) groups excluding carboxylic acids is 1. The Kier molecular flexibility index (Phi) is 5.01. The molecule has 1 fully saturated rings. The van der Waals surface area contributed by atoms with Crippen molar-refractivity contribution in [1.29, 1.82) is 0 Å². The first-order valence-corrected chi connectivity index (χ1v) is 7.38. The van der Waals surface area contributed by atoms with Crippen LogP contribution in [0.15, 0.2) is 24.3 Å². The molecule has 0 aliphatic carbocycles. The van der Waals surface area contributed by atoms with Gasteiger partial charge in [-0.2, -0.15) is 0 Å². The minimum Gasteiger partial charge on any atom is -0.369 e. The molecule has 4 nitrogen and oxygen atoms in total. The highest BCUT2D eigenvalue weighted by Gasteiger charge is 2.14. The molecule has 1 heterocycles. The molecule has 1 aliphatic heterocycles. The van der Waals surface area contributed by atoms with Gasteiger partial charge < -0.3 is 15.1 Å². The van der Waals surface area contributed by atoms with Crippen molar-refractivity contribution < 1.29 is 4.79 Å². The van der Waals surface area contributed by atoms with Crippen molar-refractivity contribution in [3.05, 3.63) is 29.8 Å². The van der Waals surface area contributed by atoms with Crippen molar-refractivity contribution in [3.8, 4) is 0 Å². The van der Waals surface area contributed by atoms with Crippen LogP contribution in [0.3, 0.4) is 0 Å². The summed E-state index contributed by atoms with van der Waals surface area (Å²) in [5, 5.41) is 2.94. The largest absolute Gasteiger partial charge is 0.369 e. The van der Waals surface area contributed by atoms with E-state index in [4.69, 9.17) is 0 Å². The number of anilines is 1. The van der Waals surface area contributed by atoms with Crippen LogP contribution in [0.4, 0.5) is 5.69 Å². The molecule has 0 bridgehead atoms. The second kappa shape index (κ2) is 6.75. The quantitative estimate of drug-likeness (QED) is 0.910. The van der Waals surface area contributed by atoms with Gasteiger partial charge in [0, 0.05) is 44.0 Å². The summed E-state index contributed by atoms with van der Waals surface area (Å²) in [6.07, 6.45) is 0. The zero-order valence-corrected chi connectivity index (χ0v) is 12.7. The van der Waals surface area contributed by atoms with Crippen molar-refractivity contribution in [2.24, 2.45) is 5.92 Å². The Morgan fingerprint density at radius 3 is 2.30 bits per heavy atom. The summed E-state index contributed by atoms with van der Waals surface area (Å²) in [6.45, 7) is 9.20. The van der Waals surface area contributed by atoms with E-state index in [0.717, 1.165) is 38.3 Å². The monoisotopic (exact) mass is 275 g/mol. The van der Waals surface area contributed by atoms with Crippen LogP contribution in [0.25, 0.3) is 0 Å². The summed E-state index contributed by atoms with van der Waals surface area (Å²) in [5.41, 5.74) is 1.95. The lowest BCUT2D eigenvalue weighted by molar-refractivity contribution is 0.0949. The molecule has 0 radical (unpaired) electrons. The molecule has 0 aromatic heterocycles. The molecule has 1 amide bonds. The molecule has 0 unspecified atom stereocenters. The number of benzene rings is 1. The molecule has 0 saturated carbocycles. The van der Waals surface area contributed by atoms with E-state index in [-0.39, 0.29) is 5.91 Å². The molecule has 110 valence electrons. The smallest absolute Gasteiger partial charge is 0.251 e. The Bertz CT molecular complexity index is 434. The van der Waals surface area contributed by atoms with Crippen LogP contribution in [0.5, 0.6) is 0 Å². The third-order valence-corrected chi connectivity index (χ3v) is 3.67. The Labute approximate surface area is 121 Å². The molecule has 1 aromatic rings. The molecule has 0 spiro atoms. The van der Waals surface area contributed by atoms with Crippen LogP contribution < -0.4 is 10.2 Å². The van der Waals surface area contributed by atoms with Crippen LogP contribution >= 0.6 is 0 Å². The van der Waals surface area contributed by atoms with E-state index in [0.29, 0.717) is 5.92 Å². The summed E-state index contributed by atoms with van der Waals surface area (Å²) in [4.78, 5) is 16.7. The van der Waals surface area contributed by atoms with Crippen molar-refractivity contribution in [1.82, 2.24) is 10.2 Å². The Balaban J connectivity index is 1.94. The molecular weight excluding hydrogens is 250 g/mol. The summed E-state index contributed by atoms with van der Waals surface area (Å²) >= 11 is 0. The number of piperazine rings is 1. The predicted octanol–water partition coefficient (Wildman–Crippen LogP) is 1.82. The second-order valence-corrected chi connectivity index (χ2v) is 5.94. The number of rotatable bonds is 4. The highest BCUT2D eigenvalue weighted by Crippen LogP contribution is 2.17. The molecule has 20 heavy (non-hydrogen) atoms. The number of hydrogen-bond acceptors (Lipinski definition) is 3. The molecular formula is C16H25N3O. The van der Waals surface area contributed by atoms with Crippen LogP contribution in [-0.4, -0.2) is 50.6 Å². The first-order valence-electron chi connectivity index (χ1n) is 7.38. The maximum Gasteiger partial charge on any atom is 0.251 e. The number of likely N-dealkylation sites (N-methyl/N-ethyl adjacent to an activating group) is 1. The lowest BCUT2D eigenvalue weighted by Crippen LogP contribution is -2.44. The third kappa shape index (κ3) is 3.97. The zero-order valence-electron chi connectivity index (χ0n) is 12.7. The molecule has 0 atom stereocenters. The number of hydrogen-bond donors (Lipinski definition) is 1. The average Bonchev–Trinajstić information content (AvgIpc) is 2.46.